The zero-order chi connectivity index (χ0) is 24.7. The van der Waals surface area contributed by atoms with E-state index in [2.05, 4.69) is 9.97 Å². The van der Waals surface area contributed by atoms with E-state index in [0.717, 1.165) is 29.1 Å². The monoisotopic (exact) mass is 503 g/mol. The predicted octanol–water partition coefficient (Wildman–Crippen LogP) is 4.98. The molecule has 11 heteroatoms. The largest absolute Gasteiger partial charge is 0.439 e. The molecule has 0 spiro atoms. The lowest BCUT2D eigenvalue weighted by Crippen LogP contribution is -2.31. The predicted molar refractivity (Wildman–Crippen MR) is 125 cm³/mol. The number of fused-ring (bicyclic) bond motifs is 1. The number of aromatic amines is 1. The SMILES string of the molecule is Cc1c(-c2ccc(Oc3ccc(C4COC4)cc3)nc2)sc2c1c(=O)[nH]c(=O)n2CCC(F)(F)F. The molecule has 182 valence electrons. The van der Waals surface area contributed by atoms with E-state index in [1.807, 2.05) is 24.3 Å². The Morgan fingerprint density at radius 1 is 1.17 bits per heavy atom. The molecule has 3 aromatic heterocycles. The van der Waals surface area contributed by atoms with E-state index in [-0.39, 0.29) is 10.2 Å². The Hall–Kier alpha value is -3.44. The number of benzene rings is 1. The van der Waals surface area contributed by atoms with Crippen molar-refractivity contribution in [2.45, 2.75) is 32.0 Å². The van der Waals surface area contributed by atoms with Crippen LogP contribution in [0.4, 0.5) is 13.2 Å². The van der Waals surface area contributed by atoms with Crippen molar-refractivity contribution >= 4 is 21.6 Å². The second-order valence-electron chi connectivity index (χ2n) is 8.30. The van der Waals surface area contributed by atoms with Crippen molar-refractivity contribution in [2.75, 3.05) is 13.2 Å². The van der Waals surface area contributed by atoms with Crippen LogP contribution in [0, 0.1) is 6.92 Å². The summed E-state index contributed by atoms with van der Waals surface area (Å²) in [5.74, 6) is 1.42. The summed E-state index contributed by atoms with van der Waals surface area (Å²) >= 11 is 1.09. The summed E-state index contributed by atoms with van der Waals surface area (Å²) in [7, 11) is 0. The van der Waals surface area contributed by atoms with E-state index < -0.39 is 30.4 Å². The lowest BCUT2D eigenvalue weighted by atomic mass is 9.98. The van der Waals surface area contributed by atoms with Crippen molar-refractivity contribution in [1.82, 2.24) is 14.5 Å². The summed E-state index contributed by atoms with van der Waals surface area (Å²) in [6.45, 7) is 2.57. The summed E-state index contributed by atoms with van der Waals surface area (Å²) < 4.78 is 50.3. The second kappa shape index (κ2) is 8.97. The first kappa shape index (κ1) is 23.3. The van der Waals surface area contributed by atoms with Crippen LogP contribution >= 0.6 is 11.3 Å². The molecule has 4 aromatic rings. The molecule has 4 heterocycles. The van der Waals surface area contributed by atoms with Crippen LogP contribution in [0.15, 0.2) is 52.2 Å². The van der Waals surface area contributed by atoms with Gasteiger partial charge in [0, 0.05) is 35.2 Å². The highest BCUT2D eigenvalue weighted by Crippen LogP contribution is 2.37. The summed E-state index contributed by atoms with van der Waals surface area (Å²) in [5, 5.41) is 0.198. The average molecular weight is 504 g/mol. The van der Waals surface area contributed by atoms with Crippen LogP contribution in [-0.4, -0.2) is 33.9 Å². The Labute approximate surface area is 200 Å². The van der Waals surface area contributed by atoms with Crippen molar-refractivity contribution in [3.05, 3.63) is 74.6 Å². The minimum Gasteiger partial charge on any atom is -0.439 e. The molecule has 1 fully saturated rings. The topological polar surface area (TPSA) is 86.2 Å². The quantitative estimate of drug-likeness (QED) is 0.401. The smallest absolute Gasteiger partial charge is 0.390 e. The maximum atomic E-state index is 12.8. The van der Waals surface area contributed by atoms with Crippen LogP contribution in [0.1, 0.15) is 23.5 Å². The van der Waals surface area contributed by atoms with Gasteiger partial charge in [-0.05, 0) is 36.2 Å². The Morgan fingerprint density at radius 3 is 2.51 bits per heavy atom. The van der Waals surface area contributed by atoms with Crippen molar-refractivity contribution in [2.24, 2.45) is 0 Å². The molecule has 1 aliphatic rings. The molecule has 7 nitrogen and oxygen atoms in total. The third-order valence-electron chi connectivity index (χ3n) is 5.90. The van der Waals surface area contributed by atoms with Gasteiger partial charge in [0.15, 0.2) is 0 Å². The van der Waals surface area contributed by atoms with Gasteiger partial charge in [-0.1, -0.05) is 12.1 Å². The number of aryl methyl sites for hydroxylation is 2. The molecule has 0 aliphatic carbocycles. The Balaban J connectivity index is 1.42. The third kappa shape index (κ3) is 4.73. The summed E-state index contributed by atoms with van der Waals surface area (Å²) in [6, 6.07) is 11.2. The van der Waals surface area contributed by atoms with Gasteiger partial charge in [-0.2, -0.15) is 13.2 Å². The summed E-state index contributed by atoms with van der Waals surface area (Å²) in [5.41, 5.74) is 0.926. The molecule has 1 aliphatic heterocycles. The normalized spacial score (nSPS) is 14.3. The van der Waals surface area contributed by atoms with Gasteiger partial charge in [-0.25, -0.2) is 9.78 Å². The van der Waals surface area contributed by atoms with Crippen LogP contribution < -0.4 is 16.0 Å². The van der Waals surface area contributed by atoms with Crippen molar-refractivity contribution in [1.29, 1.82) is 0 Å². The highest BCUT2D eigenvalue weighted by molar-refractivity contribution is 7.22. The van der Waals surface area contributed by atoms with Gasteiger partial charge in [0.2, 0.25) is 5.88 Å². The molecule has 1 N–H and O–H groups in total. The molecule has 0 amide bonds. The van der Waals surface area contributed by atoms with Crippen LogP contribution in [0.2, 0.25) is 0 Å². The zero-order valence-corrected chi connectivity index (χ0v) is 19.3. The van der Waals surface area contributed by atoms with E-state index in [1.165, 1.54) is 5.56 Å². The molecule has 0 saturated carbocycles. The fourth-order valence-electron chi connectivity index (χ4n) is 3.92. The van der Waals surface area contributed by atoms with E-state index in [1.54, 1.807) is 25.3 Å². The number of hydrogen-bond donors (Lipinski definition) is 1. The lowest BCUT2D eigenvalue weighted by molar-refractivity contribution is -0.136. The maximum Gasteiger partial charge on any atom is 0.390 e. The zero-order valence-electron chi connectivity index (χ0n) is 18.5. The molecule has 1 aromatic carbocycles. The van der Waals surface area contributed by atoms with Gasteiger partial charge >= 0.3 is 11.9 Å². The molecule has 0 radical (unpaired) electrons. The maximum absolute atomic E-state index is 12.8. The van der Waals surface area contributed by atoms with Gasteiger partial charge in [0.25, 0.3) is 5.56 Å². The van der Waals surface area contributed by atoms with Gasteiger partial charge in [-0.3, -0.25) is 14.3 Å². The van der Waals surface area contributed by atoms with Crippen LogP contribution in [0.25, 0.3) is 20.7 Å². The van der Waals surface area contributed by atoms with Gasteiger partial charge in [0.1, 0.15) is 10.6 Å². The minimum atomic E-state index is -4.43. The van der Waals surface area contributed by atoms with Crippen molar-refractivity contribution in [3.8, 4) is 22.1 Å². The fraction of sp³-hybridized carbons (Fsp3) is 0.292. The van der Waals surface area contributed by atoms with Crippen molar-refractivity contribution in [3.63, 3.8) is 0 Å². The number of hydrogen-bond acceptors (Lipinski definition) is 6. The summed E-state index contributed by atoms with van der Waals surface area (Å²) in [4.78, 5) is 32.0. The highest BCUT2D eigenvalue weighted by atomic mass is 32.1. The van der Waals surface area contributed by atoms with E-state index in [9.17, 15) is 22.8 Å². The standard InChI is InChI=1S/C24H20F3N3O4S/c1-13-19-21(31)29-23(32)30(9-8-24(25,26)27)22(19)35-20(13)15-4-7-18(28-10-15)34-17-5-2-14(3-6-17)16-11-33-12-16/h2-7,10,16H,8-9,11-12H2,1H3,(H,29,31,32). The number of rotatable bonds is 6. The third-order valence-corrected chi connectivity index (χ3v) is 7.26. The first-order valence-corrected chi connectivity index (χ1v) is 11.7. The van der Waals surface area contributed by atoms with Crippen LogP contribution in [0.3, 0.4) is 0 Å². The fourth-order valence-corrected chi connectivity index (χ4v) is 5.24. The number of nitrogens with one attached hydrogen (secondary N) is 1. The molecular weight excluding hydrogens is 483 g/mol. The number of aromatic nitrogens is 3. The first-order chi connectivity index (χ1) is 16.7. The van der Waals surface area contributed by atoms with E-state index in [4.69, 9.17) is 9.47 Å². The molecule has 5 rings (SSSR count). The van der Waals surface area contributed by atoms with E-state index >= 15 is 0 Å². The number of pyridine rings is 1. The number of H-pyrrole nitrogens is 1. The first-order valence-electron chi connectivity index (χ1n) is 10.8. The Bertz CT molecular complexity index is 1480. The number of thiophene rings is 1. The Morgan fingerprint density at radius 2 is 1.91 bits per heavy atom. The molecule has 35 heavy (non-hydrogen) atoms. The van der Waals surface area contributed by atoms with Gasteiger partial charge in [-0.15, -0.1) is 11.3 Å². The van der Waals surface area contributed by atoms with Crippen LogP contribution in [-0.2, 0) is 11.3 Å². The highest BCUT2D eigenvalue weighted by Gasteiger charge is 2.28. The number of alkyl halides is 3. The minimum absolute atomic E-state index is 0.198. The number of halogens is 3. The van der Waals surface area contributed by atoms with Crippen molar-refractivity contribution < 1.29 is 22.6 Å². The lowest BCUT2D eigenvalue weighted by Gasteiger charge is -2.26. The van der Waals surface area contributed by atoms with E-state index in [0.29, 0.717) is 33.6 Å². The van der Waals surface area contributed by atoms with Gasteiger partial charge in [0.05, 0.1) is 25.0 Å². The van der Waals surface area contributed by atoms with Gasteiger partial charge < -0.3 is 9.47 Å². The summed E-state index contributed by atoms with van der Waals surface area (Å²) in [6.07, 6.45) is -4.04. The molecule has 0 atom stereocenters. The molecular formula is C24H20F3N3O4S. The molecule has 0 unspecified atom stereocenters. The number of nitrogens with zero attached hydrogens (tertiary/aromatic N) is 2. The number of ether oxygens (including phenoxy) is 2. The molecule has 1 saturated heterocycles. The second-order valence-corrected chi connectivity index (χ2v) is 9.30. The Kier molecular flexibility index (Phi) is 5.97. The average Bonchev–Trinajstić information content (AvgIpc) is 3.11. The molecule has 0 bridgehead atoms. The van der Waals surface area contributed by atoms with Crippen LogP contribution in [0.5, 0.6) is 11.6 Å².